The minimum atomic E-state index is 0.997. The van der Waals surface area contributed by atoms with Gasteiger partial charge in [-0.15, -0.1) is 0 Å². The molecule has 0 bridgehead atoms. The zero-order valence-corrected chi connectivity index (χ0v) is 11.8. The molecule has 0 radical (unpaired) electrons. The van der Waals surface area contributed by atoms with E-state index in [0.29, 0.717) is 0 Å². The fraction of sp³-hybridized carbons (Fsp3) is 1.00. The zero-order chi connectivity index (χ0) is 12.1. The van der Waals surface area contributed by atoms with Crippen LogP contribution in [0.5, 0.6) is 0 Å². The third kappa shape index (κ3) is 3.96. The van der Waals surface area contributed by atoms with E-state index < -0.39 is 0 Å². The van der Waals surface area contributed by atoms with Crippen molar-refractivity contribution in [3.05, 3.63) is 0 Å². The molecular weight excluding hydrogens is 208 g/mol. The van der Waals surface area contributed by atoms with Gasteiger partial charge in [0.05, 0.1) is 0 Å². The quantitative estimate of drug-likeness (QED) is 0.702. The zero-order valence-electron chi connectivity index (χ0n) is 11.8. The Morgan fingerprint density at radius 3 is 2.29 bits per heavy atom. The second kappa shape index (κ2) is 6.75. The van der Waals surface area contributed by atoms with E-state index in [-0.39, 0.29) is 0 Å². The summed E-state index contributed by atoms with van der Waals surface area (Å²) in [4.78, 5) is 5.30. The van der Waals surface area contributed by atoms with Crippen molar-refractivity contribution in [2.45, 2.75) is 46.0 Å². The standard InChI is InChI=1S/C15H30N2/c1-3-14-7-11-17(12-14)9-5-6-15-8-10-16(4-2)13-15/h14-15H,3-13H2,1-2H3. The van der Waals surface area contributed by atoms with Crippen LogP contribution < -0.4 is 0 Å². The number of likely N-dealkylation sites (tertiary alicyclic amines) is 2. The molecule has 2 atom stereocenters. The summed E-state index contributed by atoms with van der Waals surface area (Å²) in [5, 5.41) is 0. The first-order chi connectivity index (χ1) is 8.31. The molecule has 17 heavy (non-hydrogen) atoms. The van der Waals surface area contributed by atoms with Gasteiger partial charge in [0, 0.05) is 13.1 Å². The first-order valence-electron chi connectivity index (χ1n) is 7.76. The van der Waals surface area contributed by atoms with Crippen molar-refractivity contribution in [1.29, 1.82) is 0 Å². The van der Waals surface area contributed by atoms with E-state index in [1.807, 2.05) is 0 Å². The second-order valence-electron chi connectivity index (χ2n) is 6.05. The van der Waals surface area contributed by atoms with Gasteiger partial charge in [-0.2, -0.15) is 0 Å². The normalized spacial score (nSPS) is 31.4. The van der Waals surface area contributed by atoms with E-state index in [2.05, 4.69) is 23.6 Å². The van der Waals surface area contributed by atoms with E-state index >= 15 is 0 Å². The van der Waals surface area contributed by atoms with Gasteiger partial charge >= 0.3 is 0 Å². The van der Waals surface area contributed by atoms with E-state index in [1.165, 1.54) is 71.4 Å². The Kier molecular flexibility index (Phi) is 5.30. The third-order valence-electron chi connectivity index (χ3n) is 4.85. The molecule has 0 aromatic heterocycles. The molecule has 2 rings (SSSR count). The number of nitrogens with zero attached hydrogens (tertiary/aromatic N) is 2. The molecule has 2 heteroatoms. The van der Waals surface area contributed by atoms with Gasteiger partial charge in [-0.25, -0.2) is 0 Å². The highest BCUT2D eigenvalue weighted by molar-refractivity contribution is 4.77. The van der Waals surface area contributed by atoms with Gasteiger partial charge < -0.3 is 9.80 Å². The highest BCUT2D eigenvalue weighted by Crippen LogP contribution is 2.23. The van der Waals surface area contributed by atoms with Crippen LogP contribution in [-0.2, 0) is 0 Å². The summed E-state index contributed by atoms with van der Waals surface area (Å²) < 4.78 is 0. The molecule has 2 fully saturated rings. The molecule has 2 aliphatic heterocycles. The van der Waals surface area contributed by atoms with E-state index in [0.717, 1.165) is 11.8 Å². The second-order valence-corrected chi connectivity index (χ2v) is 6.05. The van der Waals surface area contributed by atoms with Crippen LogP contribution in [0.15, 0.2) is 0 Å². The van der Waals surface area contributed by atoms with Crippen LogP contribution in [0, 0.1) is 11.8 Å². The predicted molar refractivity (Wildman–Crippen MR) is 74.3 cm³/mol. The topological polar surface area (TPSA) is 6.48 Å². The lowest BCUT2D eigenvalue weighted by molar-refractivity contribution is 0.296. The van der Waals surface area contributed by atoms with Crippen molar-refractivity contribution in [1.82, 2.24) is 9.80 Å². The van der Waals surface area contributed by atoms with Crippen molar-refractivity contribution >= 4 is 0 Å². The lowest BCUT2D eigenvalue weighted by Gasteiger charge is -2.17. The van der Waals surface area contributed by atoms with Crippen LogP contribution in [0.25, 0.3) is 0 Å². The van der Waals surface area contributed by atoms with Crippen molar-refractivity contribution < 1.29 is 0 Å². The first-order valence-corrected chi connectivity index (χ1v) is 7.76. The minimum Gasteiger partial charge on any atom is -0.303 e. The Balaban J connectivity index is 1.55. The molecule has 2 nitrogen and oxygen atoms in total. The lowest BCUT2D eigenvalue weighted by atomic mass is 10.0. The summed E-state index contributed by atoms with van der Waals surface area (Å²) in [6, 6.07) is 0. The Morgan fingerprint density at radius 1 is 0.941 bits per heavy atom. The summed E-state index contributed by atoms with van der Waals surface area (Å²) >= 11 is 0. The van der Waals surface area contributed by atoms with Gasteiger partial charge in [-0.05, 0) is 63.7 Å². The highest BCUT2D eigenvalue weighted by Gasteiger charge is 2.23. The molecule has 0 aliphatic carbocycles. The van der Waals surface area contributed by atoms with Gasteiger partial charge in [0.1, 0.15) is 0 Å². The summed E-state index contributed by atoms with van der Waals surface area (Å²) in [7, 11) is 0. The van der Waals surface area contributed by atoms with Crippen LogP contribution >= 0.6 is 0 Å². The van der Waals surface area contributed by atoms with Crippen LogP contribution in [-0.4, -0.2) is 49.1 Å². The Bertz CT molecular complexity index is 195. The van der Waals surface area contributed by atoms with E-state index in [4.69, 9.17) is 0 Å². The highest BCUT2D eigenvalue weighted by atomic mass is 15.1. The van der Waals surface area contributed by atoms with E-state index in [1.54, 1.807) is 0 Å². The van der Waals surface area contributed by atoms with Crippen LogP contribution in [0.1, 0.15) is 46.0 Å². The number of hydrogen-bond acceptors (Lipinski definition) is 2. The average molecular weight is 238 g/mol. The SMILES string of the molecule is CCC1CCN(CCCC2CCN(CC)C2)C1. The molecule has 0 aromatic rings. The maximum absolute atomic E-state index is 2.70. The third-order valence-corrected chi connectivity index (χ3v) is 4.85. The monoisotopic (exact) mass is 238 g/mol. The van der Waals surface area contributed by atoms with Gasteiger partial charge in [-0.1, -0.05) is 20.3 Å². The molecule has 2 saturated heterocycles. The van der Waals surface area contributed by atoms with Gasteiger partial charge in [0.2, 0.25) is 0 Å². The van der Waals surface area contributed by atoms with Crippen LogP contribution in [0.4, 0.5) is 0 Å². The molecule has 0 saturated carbocycles. The number of rotatable bonds is 6. The molecule has 2 aliphatic rings. The molecule has 0 N–H and O–H groups in total. The van der Waals surface area contributed by atoms with Crippen LogP contribution in [0.3, 0.4) is 0 Å². The van der Waals surface area contributed by atoms with Gasteiger partial charge in [-0.3, -0.25) is 0 Å². The molecule has 0 amide bonds. The first kappa shape index (κ1) is 13.4. The Labute approximate surface area is 107 Å². The molecule has 0 aromatic carbocycles. The van der Waals surface area contributed by atoms with Gasteiger partial charge in [0.25, 0.3) is 0 Å². The minimum absolute atomic E-state index is 0.997. The predicted octanol–water partition coefficient (Wildman–Crippen LogP) is 2.84. The van der Waals surface area contributed by atoms with Crippen LogP contribution in [0.2, 0.25) is 0 Å². The molecule has 0 spiro atoms. The molecule has 100 valence electrons. The number of hydrogen-bond donors (Lipinski definition) is 0. The Morgan fingerprint density at radius 2 is 1.65 bits per heavy atom. The summed E-state index contributed by atoms with van der Waals surface area (Å²) in [6.07, 6.45) is 7.17. The van der Waals surface area contributed by atoms with Crippen molar-refractivity contribution in [2.24, 2.45) is 11.8 Å². The molecular formula is C15H30N2. The van der Waals surface area contributed by atoms with E-state index in [9.17, 15) is 0 Å². The summed E-state index contributed by atoms with van der Waals surface area (Å²) in [6.45, 7) is 12.7. The average Bonchev–Trinajstić information content (AvgIpc) is 2.97. The van der Waals surface area contributed by atoms with Crippen molar-refractivity contribution in [2.75, 3.05) is 39.3 Å². The van der Waals surface area contributed by atoms with Crippen molar-refractivity contribution in [3.63, 3.8) is 0 Å². The molecule has 2 heterocycles. The Hall–Kier alpha value is -0.0800. The van der Waals surface area contributed by atoms with Crippen molar-refractivity contribution in [3.8, 4) is 0 Å². The van der Waals surface area contributed by atoms with Gasteiger partial charge in [0.15, 0.2) is 0 Å². The fourth-order valence-corrected chi connectivity index (χ4v) is 3.49. The summed E-state index contributed by atoms with van der Waals surface area (Å²) in [5.41, 5.74) is 0. The maximum Gasteiger partial charge on any atom is 0.00100 e. The largest absolute Gasteiger partial charge is 0.303 e. The smallest absolute Gasteiger partial charge is 0.00100 e. The maximum atomic E-state index is 2.70. The lowest BCUT2D eigenvalue weighted by Crippen LogP contribution is -2.23. The summed E-state index contributed by atoms with van der Waals surface area (Å²) in [5.74, 6) is 2.00. The molecule has 2 unspecified atom stereocenters. The fourth-order valence-electron chi connectivity index (χ4n) is 3.49.